The SMILES string of the molecule is CC(C)Cc1cc(C(=O)NCc2nnc(-c3ccccc3)s2)no1. The van der Waals surface area contributed by atoms with Gasteiger partial charge in [0.05, 0.1) is 6.54 Å². The number of amides is 1. The van der Waals surface area contributed by atoms with Crippen molar-refractivity contribution in [2.45, 2.75) is 26.8 Å². The van der Waals surface area contributed by atoms with E-state index in [0.29, 0.717) is 18.2 Å². The van der Waals surface area contributed by atoms with Crippen molar-refractivity contribution in [2.24, 2.45) is 5.92 Å². The number of rotatable bonds is 6. The van der Waals surface area contributed by atoms with Crippen molar-refractivity contribution in [1.29, 1.82) is 0 Å². The van der Waals surface area contributed by atoms with E-state index >= 15 is 0 Å². The van der Waals surface area contributed by atoms with Gasteiger partial charge in [-0.3, -0.25) is 4.79 Å². The topological polar surface area (TPSA) is 80.9 Å². The minimum atomic E-state index is -0.273. The summed E-state index contributed by atoms with van der Waals surface area (Å²) in [6, 6.07) is 11.5. The molecule has 0 spiro atoms. The van der Waals surface area contributed by atoms with Crippen molar-refractivity contribution < 1.29 is 9.32 Å². The molecular weight excluding hydrogens is 324 g/mol. The Morgan fingerprint density at radius 3 is 2.79 bits per heavy atom. The Kier molecular flexibility index (Phi) is 5.00. The number of carbonyl (C=O) groups is 1. The molecule has 2 aromatic heterocycles. The highest BCUT2D eigenvalue weighted by Gasteiger charge is 2.14. The minimum absolute atomic E-state index is 0.273. The van der Waals surface area contributed by atoms with E-state index in [-0.39, 0.29) is 5.91 Å². The second-order valence-corrected chi connectivity index (χ2v) is 6.89. The highest BCUT2D eigenvalue weighted by molar-refractivity contribution is 7.14. The molecule has 6 nitrogen and oxygen atoms in total. The molecule has 0 aliphatic rings. The van der Waals surface area contributed by atoms with Crippen molar-refractivity contribution in [3.05, 3.63) is 52.9 Å². The molecule has 3 aromatic rings. The van der Waals surface area contributed by atoms with E-state index in [4.69, 9.17) is 4.52 Å². The highest BCUT2D eigenvalue weighted by Crippen LogP contribution is 2.22. The van der Waals surface area contributed by atoms with Crippen molar-refractivity contribution in [3.8, 4) is 10.6 Å². The monoisotopic (exact) mass is 342 g/mol. The number of hydrogen-bond donors (Lipinski definition) is 1. The molecule has 0 aliphatic carbocycles. The molecule has 0 unspecified atom stereocenters. The van der Waals surface area contributed by atoms with E-state index in [0.717, 1.165) is 27.8 Å². The quantitative estimate of drug-likeness (QED) is 0.743. The molecule has 3 rings (SSSR count). The van der Waals surface area contributed by atoms with Crippen molar-refractivity contribution >= 4 is 17.2 Å². The number of nitrogens with one attached hydrogen (secondary N) is 1. The van der Waals surface area contributed by atoms with Crippen LogP contribution in [0.1, 0.15) is 35.1 Å². The number of benzene rings is 1. The van der Waals surface area contributed by atoms with E-state index < -0.39 is 0 Å². The van der Waals surface area contributed by atoms with Gasteiger partial charge in [-0.15, -0.1) is 10.2 Å². The van der Waals surface area contributed by atoms with E-state index in [2.05, 4.69) is 34.5 Å². The molecule has 0 atom stereocenters. The predicted octanol–water partition coefficient (Wildman–Crippen LogP) is 3.32. The lowest BCUT2D eigenvalue weighted by Gasteiger charge is -1.98. The summed E-state index contributed by atoms with van der Waals surface area (Å²) < 4.78 is 5.17. The minimum Gasteiger partial charge on any atom is -0.361 e. The lowest BCUT2D eigenvalue weighted by molar-refractivity contribution is 0.0941. The van der Waals surface area contributed by atoms with Crippen LogP contribution >= 0.6 is 11.3 Å². The van der Waals surface area contributed by atoms with Gasteiger partial charge in [-0.25, -0.2) is 0 Å². The molecule has 1 aromatic carbocycles. The maximum Gasteiger partial charge on any atom is 0.273 e. The summed E-state index contributed by atoms with van der Waals surface area (Å²) >= 11 is 1.46. The molecule has 7 heteroatoms. The summed E-state index contributed by atoms with van der Waals surface area (Å²) in [5.74, 6) is 0.898. The molecule has 24 heavy (non-hydrogen) atoms. The van der Waals surface area contributed by atoms with Gasteiger partial charge in [0.25, 0.3) is 5.91 Å². The van der Waals surface area contributed by atoms with Crippen LogP contribution in [0.15, 0.2) is 40.9 Å². The molecule has 1 amide bonds. The summed E-state index contributed by atoms with van der Waals surface area (Å²) in [6.07, 6.45) is 0.761. The molecular formula is C17H18N4O2S. The second kappa shape index (κ2) is 7.35. The fourth-order valence-electron chi connectivity index (χ4n) is 2.19. The summed E-state index contributed by atoms with van der Waals surface area (Å²) in [4.78, 5) is 12.1. The van der Waals surface area contributed by atoms with Crippen LogP contribution < -0.4 is 5.32 Å². The molecule has 0 bridgehead atoms. The Balaban J connectivity index is 1.59. The van der Waals surface area contributed by atoms with Gasteiger partial charge in [-0.05, 0) is 5.92 Å². The van der Waals surface area contributed by atoms with Crippen molar-refractivity contribution in [2.75, 3.05) is 0 Å². The van der Waals surface area contributed by atoms with Crippen molar-refractivity contribution in [3.63, 3.8) is 0 Å². The third kappa shape index (κ3) is 4.05. The first-order valence-electron chi connectivity index (χ1n) is 7.73. The first-order chi connectivity index (χ1) is 11.6. The fraction of sp³-hybridized carbons (Fsp3) is 0.294. The third-order valence-electron chi connectivity index (χ3n) is 3.29. The van der Waals surface area contributed by atoms with E-state index in [1.54, 1.807) is 6.07 Å². The number of hydrogen-bond acceptors (Lipinski definition) is 6. The zero-order chi connectivity index (χ0) is 16.9. The lowest BCUT2D eigenvalue weighted by atomic mass is 10.1. The van der Waals surface area contributed by atoms with Crippen LogP contribution in [0.4, 0.5) is 0 Å². The zero-order valence-electron chi connectivity index (χ0n) is 13.5. The largest absolute Gasteiger partial charge is 0.361 e. The molecule has 2 heterocycles. The van der Waals surface area contributed by atoms with Gasteiger partial charge >= 0.3 is 0 Å². The van der Waals surface area contributed by atoms with Gasteiger partial charge in [0.15, 0.2) is 5.69 Å². The Bertz CT molecular complexity index is 811. The van der Waals surface area contributed by atoms with Gasteiger partial charge in [0.1, 0.15) is 15.8 Å². The molecule has 0 aliphatic heterocycles. The third-order valence-corrected chi connectivity index (χ3v) is 4.26. The molecule has 0 saturated carbocycles. The average Bonchev–Trinajstić information content (AvgIpc) is 3.22. The smallest absolute Gasteiger partial charge is 0.273 e. The number of carbonyl (C=O) groups excluding carboxylic acids is 1. The Morgan fingerprint density at radius 2 is 2.04 bits per heavy atom. The number of nitrogens with zero attached hydrogens (tertiary/aromatic N) is 3. The summed E-state index contributed by atoms with van der Waals surface area (Å²) in [5, 5.41) is 16.5. The molecule has 124 valence electrons. The van der Waals surface area contributed by atoms with Gasteiger partial charge in [0.2, 0.25) is 0 Å². The van der Waals surface area contributed by atoms with Crippen molar-refractivity contribution in [1.82, 2.24) is 20.7 Å². The average molecular weight is 342 g/mol. The zero-order valence-corrected chi connectivity index (χ0v) is 14.3. The first kappa shape index (κ1) is 16.3. The van der Waals surface area contributed by atoms with Crippen LogP contribution in [-0.2, 0) is 13.0 Å². The first-order valence-corrected chi connectivity index (χ1v) is 8.55. The second-order valence-electron chi connectivity index (χ2n) is 5.83. The standard InChI is InChI=1S/C17H18N4O2S/c1-11(2)8-13-9-14(21-23-13)16(22)18-10-15-19-20-17(24-15)12-6-4-3-5-7-12/h3-7,9,11H,8,10H2,1-2H3,(H,18,22). The molecule has 0 radical (unpaired) electrons. The molecule has 0 saturated heterocycles. The lowest BCUT2D eigenvalue weighted by Crippen LogP contribution is -2.23. The number of aromatic nitrogens is 3. The van der Waals surface area contributed by atoms with Crippen LogP contribution in [0.5, 0.6) is 0 Å². The fourth-order valence-corrected chi connectivity index (χ4v) is 2.97. The van der Waals surface area contributed by atoms with E-state index in [1.807, 2.05) is 30.3 Å². The Hall–Kier alpha value is -2.54. The normalized spacial score (nSPS) is 11.0. The summed E-state index contributed by atoms with van der Waals surface area (Å²) in [6.45, 7) is 4.49. The van der Waals surface area contributed by atoms with Gasteiger partial charge in [-0.2, -0.15) is 0 Å². The van der Waals surface area contributed by atoms with Crippen LogP contribution in [0, 0.1) is 5.92 Å². The Labute approximate surface area is 143 Å². The van der Waals surface area contributed by atoms with E-state index in [9.17, 15) is 4.79 Å². The maximum atomic E-state index is 12.1. The van der Waals surface area contributed by atoms with Gasteiger partial charge in [0, 0.05) is 18.1 Å². The van der Waals surface area contributed by atoms with Crippen LogP contribution in [-0.4, -0.2) is 21.3 Å². The van der Waals surface area contributed by atoms with Gasteiger partial charge in [-0.1, -0.05) is 60.7 Å². The predicted molar refractivity (Wildman–Crippen MR) is 91.6 cm³/mol. The van der Waals surface area contributed by atoms with Crippen LogP contribution in [0.2, 0.25) is 0 Å². The molecule has 0 fully saturated rings. The highest BCUT2D eigenvalue weighted by atomic mass is 32.1. The summed E-state index contributed by atoms with van der Waals surface area (Å²) in [5.41, 5.74) is 1.31. The maximum absolute atomic E-state index is 12.1. The Morgan fingerprint density at radius 1 is 1.25 bits per heavy atom. The summed E-state index contributed by atoms with van der Waals surface area (Å²) in [7, 11) is 0. The molecule has 1 N–H and O–H groups in total. The van der Waals surface area contributed by atoms with Crippen LogP contribution in [0.3, 0.4) is 0 Å². The van der Waals surface area contributed by atoms with Gasteiger partial charge < -0.3 is 9.84 Å². The van der Waals surface area contributed by atoms with Crippen LogP contribution in [0.25, 0.3) is 10.6 Å². The van der Waals surface area contributed by atoms with E-state index in [1.165, 1.54) is 11.3 Å².